The predicted octanol–water partition coefficient (Wildman–Crippen LogP) is 1.24. The lowest BCUT2D eigenvalue weighted by molar-refractivity contribution is 0.0978. The number of hydrogen-bond donors (Lipinski definition) is 0. The summed E-state index contributed by atoms with van der Waals surface area (Å²) in [5, 5.41) is 1.99. The van der Waals surface area contributed by atoms with E-state index in [0.29, 0.717) is 0 Å². The van der Waals surface area contributed by atoms with Crippen LogP contribution in [0.25, 0.3) is 0 Å². The highest BCUT2D eigenvalue weighted by atomic mass is 32.2. The third-order valence-electron chi connectivity index (χ3n) is 1.28. The average Bonchev–Trinajstić information content (AvgIpc) is 2.33. The van der Waals surface area contributed by atoms with E-state index in [4.69, 9.17) is 9.47 Å². The summed E-state index contributed by atoms with van der Waals surface area (Å²) in [5.41, 5.74) is 0. The van der Waals surface area contributed by atoms with Gasteiger partial charge in [0.05, 0.1) is 7.11 Å². The Morgan fingerprint density at radius 1 is 1.67 bits per heavy atom. The first kappa shape index (κ1) is 6.96. The molecule has 1 unspecified atom stereocenters. The highest BCUT2D eigenvalue weighted by molar-refractivity contribution is 8.02. The van der Waals surface area contributed by atoms with E-state index in [1.54, 1.807) is 26.0 Å². The minimum absolute atomic E-state index is 0.181. The summed E-state index contributed by atoms with van der Waals surface area (Å²) in [4.78, 5) is 0. The first-order valence-corrected chi connectivity index (χ1v) is 3.82. The maximum Gasteiger partial charge on any atom is 0.131 e. The van der Waals surface area contributed by atoms with Gasteiger partial charge in [0.2, 0.25) is 0 Å². The van der Waals surface area contributed by atoms with Gasteiger partial charge in [-0.05, 0) is 0 Å². The van der Waals surface area contributed by atoms with Gasteiger partial charge in [0.15, 0.2) is 0 Å². The zero-order valence-corrected chi connectivity index (χ0v) is 6.40. The first-order valence-electron chi connectivity index (χ1n) is 2.77. The van der Waals surface area contributed by atoms with E-state index in [-0.39, 0.29) is 6.10 Å². The Kier molecular flexibility index (Phi) is 2.42. The van der Waals surface area contributed by atoms with Gasteiger partial charge in [-0.15, -0.1) is 11.8 Å². The summed E-state index contributed by atoms with van der Waals surface area (Å²) in [6.45, 7) is 0. The minimum atomic E-state index is 0.181. The van der Waals surface area contributed by atoms with Crippen LogP contribution in [-0.4, -0.2) is 26.1 Å². The first-order chi connectivity index (χ1) is 4.38. The van der Waals surface area contributed by atoms with Crippen LogP contribution in [0, 0.1) is 0 Å². The molecule has 0 saturated heterocycles. The SMILES string of the molecule is COC1=CSCC1OC. The molecular formula is C6H10O2S. The molecular weight excluding hydrogens is 136 g/mol. The molecule has 0 amide bonds. The van der Waals surface area contributed by atoms with Crippen molar-refractivity contribution in [1.29, 1.82) is 0 Å². The van der Waals surface area contributed by atoms with E-state index in [1.807, 2.05) is 5.41 Å². The van der Waals surface area contributed by atoms with Crippen LogP contribution in [0.1, 0.15) is 0 Å². The lowest BCUT2D eigenvalue weighted by atomic mass is 10.3. The number of methoxy groups -OCH3 is 2. The minimum Gasteiger partial charge on any atom is -0.498 e. The van der Waals surface area contributed by atoms with Gasteiger partial charge >= 0.3 is 0 Å². The summed E-state index contributed by atoms with van der Waals surface area (Å²) >= 11 is 1.73. The van der Waals surface area contributed by atoms with Crippen molar-refractivity contribution in [3.05, 3.63) is 11.2 Å². The fraction of sp³-hybridized carbons (Fsp3) is 0.667. The maximum absolute atomic E-state index is 5.10. The van der Waals surface area contributed by atoms with Gasteiger partial charge in [-0.2, -0.15) is 0 Å². The lowest BCUT2D eigenvalue weighted by Crippen LogP contribution is -2.13. The van der Waals surface area contributed by atoms with Gasteiger partial charge in [0, 0.05) is 18.3 Å². The largest absolute Gasteiger partial charge is 0.498 e. The Bertz CT molecular complexity index is 122. The molecule has 0 aliphatic carbocycles. The number of hydrogen-bond acceptors (Lipinski definition) is 3. The van der Waals surface area contributed by atoms with Gasteiger partial charge < -0.3 is 9.47 Å². The molecule has 52 valence electrons. The third kappa shape index (κ3) is 1.40. The molecule has 1 rings (SSSR count). The van der Waals surface area contributed by atoms with Crippen molar-refractivity contribution in [2.45, 2.75) is 6.10 Å². The van der Waals surface area contributed by atoms with Crippen LogP contribution < -0.4 is 0 Å². The van der Waals surface area contributed by atoms with E-state index in [1.165, 1.54) is 0 Å². The van der Waals surface area contributed by atoms with Gasteiger partial charge in [-0.25, -0.2) is 0 Å². The van der Waals surface area contributed by atoms with Crippen molar-refractivity contribution in [2.24, 2.45) is 0 Å². The van der Waals surface area contributed by atoms with Crippen LogP contribution >= 0.6 is 11.8 Å². The molecule has 0 N–H and O–H groups in total. The van der Waals surface area contributed by atoms with Crippen LogP contribution in [0.15, 0.2) is 11.2 Å². The molecule has 1 atom stereocenters. The maximum atomic E-state index is 5.10. The van der Waals surface area contributed by atoms with E-state index < -0.39 is 0 Å². The molecule has 0 aromatic carbocycles. The third-order valence-corrected chi connectivity index (χ3v) is 2.18. The number of rotatable bonds is 2. The Hall–Kier alpha value is -0.150. The zero-order chi connectivity index (χ0) is 6.69. The summed E-state index contributed by atoms with van der Waals surface area (Å²) in [6, 6.07) is 0. The topological polar surface area (TPSA) is 18.5 Å². The Morgan fingerprint density at radius 2 is 2.44 bits per heavy atom. The molecule has 0 saturated carbocycles. The Labute approximate surface area is 59.2 Å². The second-order valence-electron chi connectivity index (χ2n) is 1.78. The standard InChI is InChI=1S/C6H10O2S/c1-7-5-3-9-4-6(5)8-2/h3,6H,4H2,1-2H3. The van der Waals surface area contributed by atoms with E-state index in [2.05, 4.69) is 0 Å². The molecule has 1 heterocycles. The van der Waals surface area contributed by atoms with Crippen molar-refractivity contribution in [2.75, 3.05) is 20.0 Å². The molecule has 0 fully saturated rings. The molecule has 0 radical (unpaired) electrons. The van der Waals surface area contributed by atoms with Crippen LogP contribution in [0.3, 0.4) is 0 Å². The van der Waals surface area contributed by atoms with Crippen LogP contribution in [0.4, 0.5) is 0 Å². The van der Waals surface area contributed by atoms with Gasteiger partial charge in [-0.1, -0.05) is 0 Å². The number of thioether (sulfide) groups is 1. The van der Waals surface area contributed by atoms with E-state index in [0.717, 1.165) is 11.5 Å². The molecule has 0 bridgehead atoms. The van der Waals surface area contributed by atoms with Gasteiger partial charge in [-0.3, -0.25) is 0 Å². The van der Waals surface area contributed by atoms with Crippen LogP contribution in [-0.2, 0) is 9.47 Å². The van der Waals surface area contributed by atoms with Crippen molar-refractivity contribution >= 4 is 11.8 Å². The normalized spacial score (nSPS) is 26.0. The van der Waals surface area contributed by atoms with Crippen molar-refractivity contribution < 1.29 is 9.47 Å². The summed E-state index contributed by atoms with van der Waals surface area (Å²) in [6.07, 6.45) is 0.181. The van der Waals surface area contributed by atoms with Crippen molar-refractivity contribution in [3.63, 3.8) is 0 Å². The van der Waals surface area contributed by atoms with Gasteiger partial charge in [0.1, 0.15) is 11.9 Å². The molecule has 1 aliphatic rings. The summed E-state index contributed by atoms with van der Waals surface area (Å²) in [7, 11) is 3.37. The summed E-state index contributed by atoms with van der Waals surface area (Å²) in [5.74, 6) is 1.93. The van der Waals surface area contributed by atoms with Crippen molar-refractivity contribution in [1.82, 2.24) is 0 Å². The molecule has 0 spiro atoms. The molecule has 0 aromatic heterocycles. The monoisotopic (exact) mass is 146 g/mol. The van der Waals surface area contributed by atoms with Crippen molar-refractivity contribution in [3.8, 4) is 0 Å². The predicted molar refractivity (Wildman–Crippen MR) is 38.3 cm³/mol. The smallest absolute Gasteiger partial charge is 0.131 e. The quantitative estimate of drug-likeness (QED) is 0.584. The fourth-order valence-electron chi connectivity index (χ4n) is 0.739. The van der Waals surface area contributed by atoms with Gasteiger partial charge in [0.25, 0.3) is 0 Å². The fourth-order valence-corrected chi connectivity index (χ4v) is 1.72. The second kappa shape index (κ2) is 3.13. The Morgan fingerprint density at radius 3 is 2.89 bits per heavy atom. The molecule has 9 heavy (non-hydrogen) atoms. The second-order valence-corrected chi connectivity index (χ2v) is 2.68. The zero-order valence-electron chi connectivity index (χ0n) is 5.59. The number of ether oxygens (including phenoxy) is 2. The van der Waals surface area contributed by atoms with Crippen LogP contribution in [0.5, 0.6) is 0 Å². The molecule has 1 aliphatic heterocycles. The molecule has 0 aromatic rings. The highest BCUT2D eigenvalue weighted by Crippen LogP contribution is 2.24. The summed E-state index contributed by atoms with van der Waals surface area (Å²) < 4.78 is 10.1. The van der Waals surface area contributed by atoms with Crippen LogP contribution in [0.2, 0.25) is 0 Å². The average molecular weight is 146 g/mol. The highest BCUT2D eigenvalue weighted by Gasteiger charge is 2.18. The van der Waals surface area contributed by atoms with E-state index in [9.17, 15) is 0 Å². The molecule has 2 nitrogen and oxygen atoms in total. The lowest BCUT2D eigenvalue weighted by Gasteiger charge is -2.09. The Balaban J connectivity index is 2.47. The molecule has 3 heteroatoms. The van der Waals surface area contributed by atoms with E-state index >= 15 is 0 Å².